The van der Waals surface area contributed by atoms with Gasteiger partial charge in [-0.1, -0.05) is 0 Å². The lowest BCUT2D eigenvalue weighted by atomic mass is 10.00. The van der Waals surface area contributed by atoms with Crippen LogP contribution in [-0.4, -0.2) is 33.3 Å². The summed E-state index contributed by atoms with van der Waals surface area (Å²) in [5.74, 6) is -1.15. The highest BCUT2D eigenvalue weighted by molar-refractivity contribution is 5.90. The topological polar surface area (TPSA) is 113 Å². The predicted octanol–water partition coefficient (Wildman–Crippen LogP) is 1.87. The molecule has 0 radical (unpaired) electrons. The summed E-state index contributed by atoms with van der Waals surface area (Å²) < 4.78 is 0. The first kappa shape index (κ1) is 14.9. The molecule has 7 nitrogen and oxygen atoms in total. The summed E-state index contributed by atoms with van der Waals surface area (Å²) >= 11 is 0. The van der Waals surface area contributed by atoms with E-state index in [2.05, 4.69) is 5.32 Å². The Hall–Kier alpha value is -2.15. The van der Waals surface area contributed by atoms with E-state index in [0.29, 0.717) is 6.42 Å². The normalized spacial score (nSPS) is 11.1. The Morgan fingerprint density at radius 1 is 1.47 bits per heavy atom. The molecule has 0 fully saturated rings. The van der Waals surface area contributed by atoms with Crippen molar-refractivity contribution in [1.29, 1.82) is 0 Å². The average Bonchev–Trinajstić information content (AvgIpc) is 2.27. The number of hydrogen-bond donors (Lipinski definition) is 3. The van der Waals surface area contributed by atoms with Crippen LogP contribution in [0.1, 0.15) is 30.6 Å². The van der Waals surface area contributed by atoms with Gasteiger partial charge >= 0.3 is 5.97 Å². The van der Waals surface area contributed by atoms with Crippen molar-refractivity contribution in [2.24, 2.45) is 0 Å². The number of carboxylic acid groups (broad SMARTS) is 1. The zero-order valence-corrected chi connectivity index (χ0v) is 10.7. The molecule has 0 saturated carbocycles. The first-order valence-corrected chi connectivity index (χ1v) is 5.67. The van der Waals surface area contributed by atoms with Gasteiger partial charge < -0.3 is 15.5 Å². The second-order valence-electron chi connectivity index (χ2n) is 4.78. The van der Waals surface area contributed by atoms with E-state index >= 15 is 0 Å². The number of anilines is 1. The number of nitrogens with one attached hydrogen (secondary N) is 1. The van der Waals surface area contributed by atoms with Crippen LogP contribution in [0.5, 0.6) is 0 Å². The van der Waals surface area contributed by atoms with E-state index in [1.165, 1.54) is 12.1 Å². The van der Waals surface area contributed by atoms with Crippen molar-refractivity contribution in [2.75, 3.05) is 11.9 Å². The maximum absolute atomic E-state index is 10.9. The summed E-state index contributed by atoms with van der Waals surface area (Å²) in [7, 11) is 0. The van der Waals surface area contributed by atoms with Crippen LogP contribution < -0.4 is 5.32 Å². The van der Waals surface area contributed by atoms with Crippen LogP contribution in [0.15, 0.2) is 18.2 Å². The monoisotopic (exact) mass is 268 g/mol. The van der Waals surface area contributed by atoms with Gasteiger partial charge in [-0.05, 0) is 32.4 Å². The molecule has 0 aliphatic rings. The molecule has 0 bridgehead atoms. The number of aliphatic hydroxyl groups is 1. The van der Waals surface area contributed by atoms with Crippen molar-refractivity contribution < 1.29 is 19.9 Å². The van der Waals surface area contributed by atoms with Crippen molar-refractivity contribution in [3.8, 4) is 0 Å². The van der Waals surface area contributed by atoms with Crippen LogP contribution in [0, 0.1) is 10.1 Å². The Bertz CT molecular complexity index is 499. The molecule has 0 heterocycles. The van der Waals surface area contributed by atoms with Crippen molar-refractivity contribution >= 4 is 17.3 Å². The molecular formula is C12H16N2O5. The molecule has 0 atom stereocenters. The number of nitro groups is 1. The molecule has 0 aliphatic carbocycles. The van der Waals surface area contributed by atoms with E-state index < -0.39 is 16.4 Å². The second kappa shape index (κ2) is 5.66. The van der Waals surface area contributed by atoms with Gasteiger partial charge in [-0.15, -0.1) is 0 Å². The van der Waals surface area contributed by atoms with Crippen molar-refractivity contribution in [3.63, 3.8) is 0 Å². The largest absolute Gasteiger partial charge is 0.478 e. The standard InChI is InChI=1S/C12H16N2O5/c1-12(2,5-6-15)13-9-7-8(11(16)17)3-4-10(9)14(18)19/h3-4,7,13,15H,5-6H2,1-2H3,(H,16,17). The van der Waals surface area contributed by atoms with Gasteiger partial charge in [0.15, 0.2) is 0 Å². The van der Waals surface area contributed by atoms with Crippen molar-refractivity contribution in [3.05, 3.63) is 33.9 Å². The Kier molecular flexibility index (Phi) is 4.44. The lowest BCUT2D eigenvalue weighted by Gasteiger charge is -2.26. The minimum Gasteiger partial charge on any atom is -0.478 e. The zero-order valence-electron chi connectivity index (χ0n) is 10.7. The van der Waals surface area contributed by atoms with Gasteiger partial charge in [-0.2, -0.15) is 0 Å². The summed E-state index contributed by atoms with van der Waals surface area (Å²) in [5, 5.41) is 31.7. The summed E-state index contributed by atoms with van der Waals surface area (Å²) in [4.78, 5) is 21.2. The summed E-state index contributed by atoms with van der Waals surface area (Å²) in [6, 6.07) is 3.56. The first-order chi connectivity index (χ1) is 8.76. The van der Waals surface area contributed by atoms with Crippen LogP contribution in [-0.2, 0) is 0 Å². The fourth-order valence-electron chi connectivity index (χ4n) is 1.63. The highest BCUT2D eigenvalue weighted by atomic mass is 16.6. The molecule has 19 heavy (non-hydrogen) atoms. The third kappa shape index (κ3) is 3.92. The van der Waals surface area contributed by atoms with Crippen LogP contribution in [0.4, 0.5) is 11.4 Å². The molecule has 0 aromatic heterocycles. The summed E-state index contributed by atoms with van der Waals surface area (Å²) in [5.41, 5.74) is -0.691. The van der Waals surface area contributed by atoms with E-state index in [9.17, 15) is 14.9 Å². The minimum atomic E-state index is -1.15. The molecule has 0 unspecified atom stereocenters. The molecule has 0 aliphatic heterocycles. The molecule has 7 heteroatoms. The molecule has 1 aromatic carbocycles. The van der Waals surface area contributed by atoms with Crippen LogP contribution in [0.3, 0.4) is 0 Å². The number of rotatable bonds is 6. The molecule has 1 rings (SSSR count). The Balaban J connectivity index is 3.18. The maximum atomic E-state index is 10.9. The van der Waals surface area contributed by atoms with E-state index in [1.807, 2.05) is 0 Å². The number of benzene rings is 1. The molecule has 1 aromatic rings. The van der Waals surface area contributed by atoms with Gasteiger partial charge in [0.05, 0.1) is 10.5 Å². The predicted molar refractivity (Wildman–Crippen MR) is 69.5 cm³/mol. The number of hydrogen-bond acceptors (Lipinski definition) is 5. The number of carbonyl (C=O) groups is 1. The van der Waals surface area contributed by atoms with E-state index in [1.54, 1.807) is 13.8 Å². The molecule has 104 valence electrons. The molecule has 0 saturated heterocycles. The second-order valence-corrected chi connectivity index (χ2v) is 4.78. The van der Waals surface area contributed by atoms with Gasteiger partial charge in [0.1, 0.15) is 5.69 Å². The average molecular weight is 268 g/mol. The zero-order chi connectivity index (χ0) is 14.6. The lowest BCUT2D eigenvalue weighted by Crippen LogP contribution is -2.32. The van der Waals surface area contributed by atoms with E-state index in [4.69, 9.17) is 10.2 Å². The highest BCUT2D eigenvalue weighted by Crippen LogP contribution is 2.29. The number of aromatic carboxylic acids is 1. The molecule has 0 spiro atoms. The van der Waals surface area contributed by atoms with Crippen LogP contribution in [0.2, 0.25) is 0 Å². The number of carboxylic acids is 1. The molecule has 3 N–H and O–H groups in total. The summed E-state index contributed by atoms with van der Waals surface area (Å²) in [6.45, 7) is 3.45. The van der Waals surface area contributed by atoms with Gasteiger partial charge in [0, 0.05) is 18.2 Å². The molecule has 0 amide bonds. The van der Waals surface area contributed by atoms with Gasteiger partial charge in [0.2, 0.25) is 0 Å². The Morgan fingerprint density at radius 3 is 2.58 bits per heavy atom. The van der Waals surface area contributed by atoms with Crippen LogP contribution >= 0.6 is 0 Å². The third-order valence-corrected chi connectivity index (χ3v) is 2.65. The SMILES string of the molecule is CC(C)(CCO)Nc1cc(C(=O)O)ccc1[N+](=O)[O-]. The van der Waals surface area contributed by atoms with E-state index in [-0.39, 0.29) is 23.5 Å². The van der Waals surface area contributed by atoms with Gasteiger partial charge in [0.25, 0.3) is 5.69 Å². The maximum Gasteiger partial charge on any atom is 0.335 e. The highest BCUT2D eigenvalue weighted by Gasteiger charge is 2.23. The van der Waals surface area contributed by atoms with E-state index in [0.717, 1.165) is 6.07 Å². The smallest absolute Gasteiger partial charge is 0.335 e. The van der Waals surface area contributed by atoms with Gasteiger partial charge in [-0.25, -0.2) is 4.79 Å². The fraction of sp³-hybridized carbons (Fsp3) is 0.417. The van der Waals surface area contributed by atoms with Gasteiger partial charge in [-0.3, -0.25) is 10.1 Å². The third-order valence-electron chi connectivity index (χ3n) is 2.65. The minimum absolute atomic E-state index is 0.0344. The number of nitrogens with zero attached hydrogens (tertiary/aromatic N) is 1. The van der Waals surface area contributed by atoms with Crippen molar-refractivity contribution in [1.82, 2.24) is 0 Å². The van der Waals surface area contributed by atoms with Crippen molar-refractivity contribution in [2.45, 2.75) is 25.8 Å². The first-order valence-electron chi connectivity index (χ1n) is 5.67. The lowest BCUT2D eigenvalue weighted by molar-refractivity contribution is -0.384. The Morgan fingerprint density at radius 2 is 2.11 bits per heavy atom. The quantitative estimate of drug-likeness (QED) is 0.536. The number of nitro benzene ring substituents is 1. The van der Waals surface area contributed by atoms with Crippen LogP contribution in [0.25, 0.3) is 0 Å². The fourth-order valence-corrected chi connectivity index (χ4v) is 1.63. The summed E-state index contributed by atoms with van der Waals surface area (Å²) in [6.07, 6.45) is 0.376. The number of aliphatic hydroxyl groups excluding tert-OH is 1. The Labute approximate surface area is 110 Å². The molecular weight excluding hydrogens is 252 g/mol.